The van der Waals surface area contributed by atoms with E-state index in [1.54, 1.807) is 0 Å². The Morgan fingerprint density at radius 1 is 0.676 bits per heavy atom. The third-order valence-electron chi connectivity index (χ3n) is 8.85. The number of unbranched alkanes of at least 4 members (excludes halogenated alkanes) is 5. The molecule has 0 bridgehead atoms. The first-order valence-electron chi connectivity index (χ1n) is 14.2. The van der Waals surface area contributed by atoms with E-state index in [4.69, 9.17) is 0 Å². The van der Waals surface area contributed by atoms with Crippen LogP contribution in [-0.4, -0.2) is 6.36 Å². The van der Waals surface area contributed by atoms with Crippen molar-refractivity contribution in [2.24, 2.45) is 5.41 Å². The van der Waals surface area contributed by atoms with Crippen molar-refractivity contribution in [2.75, 3.05) is 0 Å². The molecule has 0 atom stereocenters. The lowest BCUT2D eigenvalue weighted by atomic mass is 9.65. The summed E-state index contributed by atoms with van der Waals surface area (Å²) < 4.78 is 41.8. The average molecular weight is 481 g/mol. The van der Waals surface area contributed by atoms with E-state index >= 15 is 0 Å². The number of hydrogen-bond acceptors (Lipinski definition) is 1. The van der Waals surface area contributed by atoms with Crippen LogP contribution in [0.1, 0.15) is 141 Å². The van der Waals surface area contributed by atoms with Gasteiger partial charge in [0.2, 0.25) is 0 Å². The molecule has 1 aromatic carbocycles. The molecule has 0 spiro atoms. The van der Waals surface area contributed by atoms with Crippen molar-refractivity contribution in [1.29, 1.82) is 0 Å². The van der Waals surface area contributed by atoms with Gasteiger partial charge in [0.05, 0.1) is 0 Å². The average Bonchev–Trinajstić information content (AvgIpc) is 2.82. The lowest BCUT2D eigenvalue weighted by molar-refractivity contribution is -0.274. The van der Waals surface area contributed by atoms with Crippen molar-refractivity contribution < 1.29 is 17.9 Å². The zero-order valence-electron chi connectivity index (χ0n) is 21.5. The molecule has 1 nitrogen and oxygen atoms in total. The van der Waals surface area contributed by atoms with Crippen molar-refractivity contribution in [3.8, 4) is 5.75 Å². The molecule has 0 unspecified atom stereocenters. The molecule has 2 fully saturated rings. The molecule has 3 rings (SSSR count). The molecule has 2 aliphatic rings. The Kier molecular flexibility index (Phi) is 10.6. The Morgan fingerprint density at radius 2 is 1.21 bits per heavy atom. The summed E-state index contributed by atoms with van der Waals surface area (Å²) in [6.45, 7) is 2.28. The normalized spacial score (nSPS) is 20.2. The van der Waals surface area contributed by atoms with Gasteiger partial charge in [-0.2, -0.15) is 0 Å². The molecule has 2 saturated carbocycles. The minimum Gasteiger partial charge on any atom is -0.406 e. The molecule has 0 heterocycles. The summed E-state index contributed by atoms with van der Waals surface area (Å²) in [6, 6.07) is 6.81. The zero-order chi connectivity index (χ0) is 24.3. The van der Waals surface area contributed by atoms with Crippen LogP contribution in [-0.2, 0) is 5.41 Å². The summed E-state index contributed by atoms with van der Waals surface area (Å²) in [5.41, 5.74) is 1.93. The van der Waals surface area contributed by atoms with Gasteiger partial charge in [-0.25, -0.2) is 0 Å². The number of rotatable bonds is 13. The van der Waals surface area contributed by atoms with Gasteiger partial charge in [0, 0.05) is 0 Å². The fourth-order valence-electron chi connectivity index (χ4n) is 6.92. The Balaban J connectivity index is 1.55. The van der Waals surface area contributed by atoms with E-state index in [1.165, 1.54) is 133 Å². The van der Waals surface area contributed by atoms with Gasteiger partial charge in [0.25, 0.3) is 0 Å². The van der Waals surface area contributed by atoms with E-state index in [-0.39, 0.29) is 11.2 Å². The van der Waals surface area contributed by atoms with Gasteiger partial charge in [0.1, 0.15) is 5.75 Å². The molecule has 1 aromatic rings. The highest BCUT2D eigenvalue weighted by Crippen LogP contribution is 2.47. The van der Waals surface area contributed by atoms with E-state index in [2.05, 4.69) is 11.7 Å². The Bertz CT molecular complexity index is 682. The van der Waals surface area contributed by atoms with Crippen LogP contribution >= 0.6 is 0 Å². The second-order valence-corrected chi connectivity index (χ2v) is 11.3. The van der Waals surface area contributed by atoms with Gasteiger partial charge >= 0.3 is 6.36 Å². The second kappa shape index (κ2) is 13.2. The van der Waals surface area contributed by atoms with Crippen LogP contribution in [0.25, 0.3) is 0 Å². The number of benzene rings is 1. The van der Waals surface area contributed by atoms with E-state index in [0.29, 0.717) is 5.41 Å². The largest absolute Gasteiger partial charge is 0.573 e. The maximum atomic E-state index is 12.6. The van der Waals surface area contributed by atoms with Gasteiger partial charge in [0.15, 0.2) is 0 Å². The first-order valence-corrected chi connectivity index (χ1v) is 14.2. The van der Waals surface area contributed by atoms with E-state index in [9.17, 15) is 13.2 Å². The number of halogens is 3. The van der Waals surface area contributed by atoms with E-state index < -0.39 is 6.36 Å². The molecule has 4 heteroatoms. The maximum Gasteiger partial charge on any atom is 0.573 e. The Morgan fingerprint density at radius 3 is 1.79 bits per heavy atom. The van der Waals surface area contributed by atoms with Crippen LogP contribution in [0.4, 0.5) is 13.2 Å². The van der Waals surface area contributed by atoms with Gasteiger partial charge in [-0.1, -0.05) is 103 Å². The SMILES string of the molecule is CCCCCCCC1(CCCCC2(c3ccc(OC(F)(F)F)cc3)CCCCC2)CCCCC1. The van der Waals surface area contributed by atoms with Crippen LogP contribution in [0.2, 0.25) is 0 Å². The van der Waals surface area contributed by atoms with E-state index in [1.807, 2.05) is 12.1 Å². The van der Waals surface area contributed by atoms with Crippen LogP contribution in [0.15, 0.2) is 24.3 Å². The highest BCUT2D eigenvalue weighted by molar-refractivity contribution is 5.33. The predicted molar refractivity (Wildman–Crippen MR) is 135 cm³/mol. The second-order valence-electron chi connectivity index (χ2n) is 11.3. The smallest absolute Gasteiger partial charge is 0.406 e. The summed E-state index contributed by atoms with van der Waals surface area (Å²) in [6.07, 6.45) is 21.8. The molecule has 0 aromatic heterocycles. The number of ether oxygens (including phenoxy) is 1. The lowest BCUT2D eigenvalue weighted by Gasteiger charge is -2.40. The predicted octanol–water partition coefficient (Wildman–Crippen LogP) is 10.7. The minimum absolute atomic E-state index is 0.111. The van der Waals surface area contributed by atoms with Crippen LogP contribution < -0.4 is 4.74 Å². The zero-order valence-corrected chi connectivity index (χ0v) is 21.5. The highest BCUT2D eigenvalue weighted by Gasteiger charge is 2.35. The molecule has 2 aliphatic carbocycles. The van der Waals surface area contributed by atoms with Crippen LogP contribution in [0.5, 0.6) is 5.75 Å². The summed E-state index contributed by atoms with van der Waals surface area (Å²) >= 11 is 0. The quantitative estimate of drug-likeness (QED) is 0.255. The van der Waals surface area contributed by atoms with Crippen molar-refractivity contribution in [3.63, 3.8) is 0 Å². The fourth-order valence-corrected chi connectivity index (χ4v) is 6.92. The van der Waals surface area contributed by atoms with Gasteiger partial charge in [-0.05, 0) is 73.5 Å². The fraction of sp³-hybridized carbons (Fsp3) is 0.800. The molecule has 0 amide bonds. The maximum absolute atomic E-state index is 12.6. The third-order valence-corrected chi connectivity index (χ3v) is 8.85. The van der Waals surface area contributed by atoms with Crippen molar-refractivity contribution in [2.45, 2.75) is 147 Å². The molecule has 34 heavy (non-hydrogen) atoms. The molecule has 0 saturated heterocycles. The number of hydrogen-bond donors (Lipinski definition) is 0. The van der Waals surface area contributed by atoms with Gasteiger partial charge < -0.3 is 4.74 Å². The first-order chi connectivity index (χ1) is 16.4. The van der Waals surface area contributed by atoms with E-state index in [0.717, 1.165) is 12.8 Å². The van der Waals surface area contributed by atoms with Gasteiger partial charge in [-0.3, -0.25) is 0 Å². The third kappa shape index (κ3) is 8.48. The first kappa shape index (κ1) is 27.4. The number of alkyl halides is 3. The molecular formula is C30H47F3O. The minimum atomic E-state index is -4.63. The summed E-state index contributed by atoms with van der Waals surface area (Å²) in [5.74, 6) is -0.111. The lowest BCUT2D eigenvalue weighted by Crippen LogP contribution is -2.29. The monoisotopic (exact) mass is 480 g/mol. The van der Waals surface area contributed by atoms with Crippen LogP contribution in [0, 0.1) is 5.41 Å². The summed E-state index contributed by atoms with van der Waals surface area (Å²) in [5, 5.41) is 0. The molecule has 0 radical (unpaired) electrons. The molecule has 194 valence electrons. The van der Waals surface area contributed by atoms with Gasteiger partial charge in [-0.15, -0.1) is 13.2 Å². The molecule has 0 N–H and O–H groups in total. The topological polar surface area (TPSA) is 9.23 Å². The molecular weight excluding hydrogens is 433 g/mol. The summed E-state index contributed by atoms with van der Waals surface area (Å²) in [7, 11) is 0. The summed E-state index contributed by atoms with van der Waals surface area (Å²) in [4.78, 5) is 0. The van der Waals surface area contributed by atoms with Crippen LogP contribution in [0.3, 0.4) is 0 Å². The Hall–Kier alpha value is -1.19. The Labute approximate surface area is 206 Å². The standard InChI is InChI=1S/C30H47F3O/c1-2-3-4-5-8-19-28(20-9-6-10-21-28)22-13-14-25-29(23-11-7-12-24-29)26-15-17-27(18-16-26)34-30(31,32)33/h15-18H,2-14,19-25H2,1H3. The van der Waals surface area contributed by atoms with Crippen molar-refractivity contribution >= 4 is 0 Å². The molecule has 0 aliphatic heterocycles. The highest BCUT2D eigenvalue weighted by atomic mass is 19.4. The van der Waals surface area contributed by atoms with Crippen molar-refractivity contribution in [3.05, 3.63) is 29.8 Å². The van der Waals surface area contributed by atoms with Crippen molar-refractivity contribution in [1.82, 2.24) is 0 Å².